The Bertz CT molecular complexity index is 676. The molecule has 0 spiro atoms. The molecule has 3 rings (SSSR count). The minimum atomic E-state index is 0.00397. The number of thiophene rings is 1. The summed E-state index contributed by atoms with van der Waals surface area (Å²) in [5.74, 6) is 0.519. The standard InChI is InChI=1S/C18H24N4O2S/c1-14(13-22-8-3-7-20-22)12-19-17(23)15-5-9-21(10-6-15)18(24)16-4-2-11-25-16/h2-4,7-8,11,14-15H,5-6,9-10,12-13H2,1H3,(H,19,23). The molecule has 2 amide bonds. The number of aromatic nitrogens is 2. The van der Waals surface area contributed by atoms with E-state index in [0.717, 1.165) is 24.3 Å². The third kappa shape index (κ3) is 4.69. The number of rotatable bonds is 6. The van der Waals surface area contributed by atoms with E-state index in [0.29, 0.717) is 25.6 Å². The maximum absolute atomic E-state index is 12.4. The first-order valence-electron chi connectivity index (χ1n) is 8.71. The van der Waals surface area contributed by atoms with Gasteiger partial charge in [0.2, 0.25) is 5.91 Å². The van der Waals surface area contributed by atoms with Gasteiger partial charge in [0, 0.05) is 44.5 Å². The van der Waals surface area contributed by atoms with Gasteiger partial charge in [-0.25, -0.2) is 0 Å². The second-order valence-corrected chi connectivity index (χ2v) is 7.57. The van der Waals surface area contributed by atoms with Crippen LogP contribution in [0.1, 0.15) is 29.4 Å². The number of nitrogens with zero attached hydrogens (tertiary/aromatic N) is 3. The van der Waals surface area contributed by atoms with E-state index in [1.807, 2.05) is 39.4 Å². The smallest absolute Gasteiger partial charge is 0.263 e. The van der Waals surface area contributed by atoms with Gasteiger partial charge in [-0.05, 0) is 36.3 Å². The Balaban J connectivity index is 1.40. The summed E-state index contributed by atoms with van der Waals surface area (Å²) in [5, 5.41) is 9.16. The van der Waals surface area contributed by atoms with Crippen LogP contribution in [0.2, 0.25) is 0 Å². The van der Waals surface area contributed by atoms with Crippen molar-refractivity contribution in [3.8, 4) is 0 Å². The van der Waals surface area contributed by atoms with Crippen molar-refractivity contribution >= 4 is 23.2 Å². The molecule has 2 aromatic rings. The summed E-state index contributed by atoms with van der Waals surface area (Å²) in [6.07, 6.45) is 5.15. The summed E-state index contributed by atoms with van der Waals surface area (Å²) < 4.78 is 1.88. The van der Waals surface area contributed by atoms with Crippen LogP contribution < -0.4 is 5.32 Å². The van der Waals surface area contributed by atoms with Crippen molar-refractivity contribution in [2.75, 3.05) is 19.6 Å². The number of hydrogen-bond acceptors (Lipinski definition) is 4. The van der Waals surface area contributed by atoms with Crippen LogP contribution in [0.4, 0.5) is 0 Å². The highest BCUT2D eigenvalue weighted by Gasteiger charge is 2.28. The average molecular weight is 360 g/mol. The highest BCUT2D eigenvalue weighted by atomic mass is 32.1. The molecule has 0 aliphatic carbocycles. The van der Waals surface area contributed by atoms with Crippen LogP contribution in [-0.4, -0.2) is 46.1 Å². The summed E-state index contributed by atoms with van der Waals surface area (Å²) >= 11 is 1.47. The van der Waals surface area contributed by atoms with E-state index in [9.17, 15) is 9.59 Å². The van der Waals surface area contributed by atoms with Crippen LogP contribution in [0, 0.1) is 11.8 Å². The van der Waals surface area contributed by atoms with Gasteiger partial charge >= 0.3 is 0 Å². The summed E-state index contributed by atoms with van der Waals surface area (Å²) in [7, 11) is 0. The van der Waals surface area contributed by atoms with Crippen molar-refractivity contribution in [2.45, 2.75) is 26.3 Å². The molecular weight excluding hydrogens is 336 g/mol. The molecule has 134 valence electrons. The zero-order valence-electron chi connectivity index (χ0n) is 14.4. The molecule has 6 nitrogen and oxygen atoms in total. The van der Waals surface area contributed by atoms with Gasteiger partial charge in [-0.15, -0.1) is 11.3 Å². The van der Waals surface area contributed by atoms with E-state index >= 15 is 0 Å². The van der Waals surface area contributed by atoms with E-state index in [1.165, 1.54) is 11.3 Å². The molecular formula is C18H24N4O2S. The highest BCUT2D eigenvalue weighted by Crippen LogP contribution is 2.21. The number of carbonyl (C=O) groups excluding carboxylic acids is 2. The van der Waals surface area contributed by atoms with Gasteiger partial charge in [0.05, 0.1) is 4.88 Å². The van der Waals surface area contributed by atoms with Gasteiger partial charge in [-0.3, -0.25) is 14.3 Å². The molecule has 1 fully saturated rings. The molecule has 0 radical (unpaired) electrons. The Morgan fingerprint density at radius 3 is 2.80 bits per heavy atom. The second kappa shape index (κ2) is 8.29. The number of amides is 2. The Morgan fingerprint density at radius 1 is 1.36 bits per heavy atom. The minimum absolute atomic E-state index is 0.00397. The predicted octanol–water partition coefficient (Wildman–Crippen LogP) is 2.25. The molecule has 1 saturated heterocycles. The summed E-state index contributed by atoms with van der Waals surface area (Å²) in [6.45, 7) is 4.84. The summed E-state index contributed by atoms with van der Waals surface area (Å²) in [5.41, 5.74) is 0. The van der Waals surface area contributed by atoms with Gasteiger partial charge in [-0.1, -0.05) is 13.0 Å². The fraction of sp³-hybridized carbons (Fsp3) is 0.500. The maximum atomic E-state index is 12.4. The summed E-state index contributed by atoms with van der Waals surface area (Å²) in [4.78, 5) is 27.3. The number of hydrogen-bond donors (Lipinski definition) is 1. The third-order valence-corrected chi connectivity index (χ3v) is 5.43. The van der Waals surface area contributed by atoms with Crippen molar-refractivity contribution in [1.82, 2.24) is 20.0 Å². The topological polar surface area (TPSA) is 67.2 Å². The molecule has 7 heteroatoms. The van der Waals surface area contributed by atoms with Gasteiger partial charge < -0.3 is 10.2 Å². The molecule has 3 heterocycles. The zero-order valence-corrected chi connectivity index (χ0v) is 15.2. The van der Waals surface area contributed by atoms with E-state index < -0.39 is 0 Å². The van der Waals surface area contributed by atoms with Crippen molar-refractivity contribution in [3.63, 3.8) is 0 Å². The highest BCUT2D eigenvalue weighted by molar-refractivity contribution is 7.12. The Hall–Kier alpha value is -2.15. The minimum Gasteiger partial charge on any atom is -0.356 e. The Morgan fingerprint density at radius 2 is 2.16 bits per heavy atom. The molecule has 1 atom stereocenters. The van der Waals surface area contributed by atoms with E-state index in [4.69, 9.17) is 0 Å². The molecule has 0 bridgehead atoms. The van der Waals surface area contributed by atoms with Crippen molar-refractivity contribution in [3.05, 3.63) is 40.8 Å². The van der Waals surface area contributed by atoms with Gasteiger partial charge in [0.25, 0.3) is 5.91 Å². The molecule has 1 unspecified atom stereocenters. The maximum Gasteiger partial charge on any atom is 0.263 e. The van der Waals surface area contributed by atoms with Crippen LogP contribution in [0.5, 0.6) is 0 Å². The molecule has 0 saturated carbocycles. The number of carbonyl (C=O) groups is 2. The molecule has 1 aliphatic rings. The quantitative estimate of drug-likeness (QED) is 0.859. The lowest BCUT2D eigenvalue weighted by atomic mass is 9.95. The lowest BCUT2D eigenvalue weighted by Gasteiger charge is -2.31. The normalized spacial score (nSPS) is 16.6. The molecule has 25 heavy (non-hydrogen) atoms. The first kappa shape index (κ1) is 17.7. The van der Waals surface area contributed by atoms with E-state index in [-0.39, 0.29) is 17.7 Å². The van der Waals surface area contributed by atoms with Crippen LogP contribution in [0.3, 0.4) is 0 Å². The van der Waals surface area contributed by atoms with Gasteiger partial charge in [0.1, 0.15) is 0 Å². The second-order valence-electron chi connectivity index (χ2n) is 6.62. The van der Waals surface area contributed by atoms with Crippen LogP contribution in [0.25, 0.3) is 0 Å². The molecule has 2 aromatic heterocycles. The van der Waals surface area contributed by atoms with E-state index in [2.05, 4.69) is 17.3 Å². The van der Waals surface area contributed by atoms with Crippen LogP contribution in [-0.2, 0) is 11.3 Å². The third-order valence-electron chi connectivity index (χ3n) is 4.57. The van der Waals surface area contributed by atoms with E-state index in [1.54, 1.807) is 6.20 Å². The van der Waals surface area contributed by atoms with Crippen molar-refractivity contribution < 1.29 is 9.59 Å². The first-order chi connectivity index (χ1) is 12.1. The molecule has 1 N–H and O–H groups in total. The lowest BCUT2D eigenvalue weighted by Crippen LogP contribution is -2.43. The molecule has 0 aromatic carbocycles. The number of piperidine rings is 1. The van der Waals surface area contributed by atoms with Gasteiger partial charge in [0.15, 0.2) is 0 Å². The SMILES string of the molecule is CC(CNC(=O)C1CCN(C(=O)c2cccs2)CC1)Cn1cccn1. The Kier molecular flexibility index (Phi) is 5.86. The van der Waals surface area contributed by atoms with Crippen LogP contribution >= 0.6 is 11.3 Å². The molecule has 1 aliphatic heterocycles. The fourth-order valence-corrected chi connectivity index (χ4v) is 3.80. The number of likely N-dealkylation sites (tertiary alicyclic amines) is 1. The summed E-state index contributed by atoms with van der Waals surface area (Å²) in [6, 6.07) is 5.64. The first-order valence-corrected chi connectivity index (χ1v) is 9.59. The predicted molar refractivity (Wildman–Crippen MR) is 97.3 cm³/mol. The monoisotopic (exact) mass is 360 g/mol. The van der Waals surface area contributed by atoms with Crippen molar-refractivity contribution in [1.29, 1.82) is 0 Å². The largest absolute Gasteiger partial charge is 0.356 e. The Labute approximate surface area is 151 Å². The zero-order chi connectivity index (χ0) is 17.6. The van der Waals surface area contributed by atoms with Crippen molar-refractivity contribution in [2.24, 2.45) is 11.8 Å². The fourth-order valence-electron chi connectivity index (χ4n) is 3.11. The van der Waals surface area contributed by atoms with Gasteiger partial charge in [-0.2, -0.15) is 5.10 Å². The number of nitrogens with one attached hydrogen (secondary N) is 1. The van der Waals surface area contributed by atoms with Crippen LogP contribution in [0.15, 0.2) is 36.0 Å². The average Bonchev–Trinajstić information content (AvgIpc) is 3.33. The lowest BCUT2D eigenvalue weighted by molar-refractivity contribution is -0.126.